The van der Waals surface area contributed by atoms with Crippen molar-refractivity contribution in [2.24, 2.45) is 0 Å². The molecule has 8 heteroatoms. The molecule has 1 N–H and O–H groups in total. The normalized spacial score (nSPS) is 20.4. The van der Waals surface area contributed by atoms with Crippen LogP contribution in [0.5, 0.6) is 0 Å². The van der Waals surface area contributed by atoms with Gasteiger partial charge in [0.2, 0.25) is 15.9 Å². The third-order valence-electron chi connectivity index (χ3n) is 4.55. The molecule has 0 spiro atoms. The van der Waals surface area contributed by atoms with Gasteiger partial charge in [-0.2, -0.15) is 4.31 Å². The topological polar surface area (TPSA) is 75.7 Å². The molecular weight excluding hydrogens is 408 g/mol. The molecular formula is C21H26N2O4S2. The van der Waals surface area contributed by atoms with Gasteiger partial charge in [0.15, 0.2) is 0 Å². The summed E-state index contributed by atoms with van der Waals surface area (Å²) in [6.07, 6.45) is -0.281. The predicted octanol–water partition coefficient (Wildman–Crippen LogP) is 3.52. The van der Waals surface area contributed by atoms with Gasteiger partial charge in [-0.3, -0.25) is 4.79 Å². The van der Waals surface area contributed by atoms with Gasteiger partial charge in [-0.15, -0.1) is 11.8 Å². The molecule has 1 aliphatic rings. The molecule has 2 aromatic rings. The van der Waals surface area contributed by atoms with Crippen LogP contribution in [0.4, 0.5) is 5.69 Å². The number of hydrogen-bond acceptors (Lipinski definition) is 5. The van der Waals surface area contributed by atoms with Crippen molar-refractivity contribution in [2.45, 2.75) is 42.8 Å². The van der Waals surface area contributed by atoms with Gasteiger partial charge in [0.25, 0.3) is 0 Å². The molecule has 3 rings (SSSR count). The van der Waals surface area contributed by atoms with Crippen LogP contribution in [0.25, 0.3) is 0 Å². The largest absolute Gasteiger partial charge is 0.373 e. The number of nitrogens with one attached hydrogen (secondary N) is 1. The Morgan fingerprint density at radius 2 is 1.66 bits per heavy atom. The number of rotatable bonds is 6. The van der Waals surface area contributed by atoms with Crippen molar-refractivity contribution >= 4 is 33.4 Å². The number of morpholine rings is 1. The average molecular weight is 435 g/mol. The Hall–Kier alpha value is -1.87. The summed E-state index contributed by atoms with van der Waals surface area (Å²) in [5.41, 5.74) is 1.75. The first kappa shape index (κ1) is 21.8. The summed E-state index contributed by atoms with van der Waals surface area (Å²) in [5.74, 6) is 0.147. The number of benzene rings is 2. The van der Waals surface area contributed by atoms with Crippen molar-refractivity contribution < 1.29 is 17.9 Å². The maximum Gasteiger partial charge on any atom is 0.243 e. The minimum atomic E-state index is -3.59. The van der Waals surface area contributed by atoms with Gasteiger partial charge in [0.05, 0.1) is 22.9 Å². The second kappa shape index (κ2) is 9.30. The summed E-state index contributed by atoms with van der Waals surface area (Å²) in [4.78, 5) is 13.4. The van der Waals surface area contributed by atoms with Gasteiger partial charge in [0, 0.05) is 23.7 Å². The lowest BCUT2D eigenvalue weighted by molar-refractivity contribution is -0.113. The molecule has 0 aromatic heterocycles. The van der Waals surface area contributed by atoms with Crippen molar-refractivity contribution in [2.75, 3.05) is 24.2 Å². The van der Waals surface area contributed by atoms with Gasteiger partial charge >= 0.3 is 0 Å². The van der Waals surface area contributed by atoms with E-state index in [0.717, 1.165) is 4.90 Å². The molecule has 0 unspecified atom stereocenters. The van der Waals surface area contributed by atoms with E-state index in [4.69, 9.17) is 4.74 Å². The molecule has 29 heavy (non-hydrogen) atoms. The molecule has 1 aliphatic heterocycles. The zero-order valence-electron chi connectivity index (χ0n) is 16.8. The third kappa shape index (κ3) is 5.82. The molecule has 0 aliphatic carbocycles. The molecule has 156 valence electrons. The lowest BCUT2D eigenvalue weighted by atomic mass is 10.2. The Kier molecular flexibility index (Phi) is 7.00. The fraction of sp³-hybridized carbons (Fsp3) is 0.381. The number of ether oxygens (including phenoxy) is 1. The van der Waals surface area contributed by atoms with E-state index in [0.29, 0.717) is 18.8 Å². The first-order chi connectivity index (χ1) is 13.7. The molecule has 0 radical (unpaired) electrons. The van der Waals surface area contributed by atoms with Gasteiger partial charge in [-0.1, -0.05) is 17.7 Å². The van der Waals surface area contributed by atoms with E-state index < -0.39 is 10.0 Å². The van der Waals surface area contributed by atoms with Crippen LogP contribution in [0.3, 0.4) is 0 Å². The minimum Gasteiger partial charge on any atom is -0.373 e. The van der Waals surface area contributed by atoms with Crippen molar-refractivity contribution in [1.82, 2.24) is 4.31 Å². The summed E-state index contributed by atoms with van der Waals surface area (Å²) in [5, 5.41) is 2.81. The van der Waals surface area contributed by atoms with Crippen LogP contribution < -0.4 is 5.32 Å². The first-order valence-electron chi connectivity index (χ1n) is 9.49. The molecule has 0 saturated carbocycles. The van der Waals surface area contributed by atoms with Gasteiger partial charge < -0.3 is 10.1 Å². The average Bonchev–Trinajstić information content (AvgIpc) is 2.67. The Morgan fingerprint density at radius 3 is 2.24 bits per heavy atom. The molecule has 1 heterocycles. The van der Waals surface area contributed by atoms with Crippen LogP contribution >= 0.6 is 11.8 Å². The van der Waals surface area contributed by atoms with Crippen molar-refractivity contribution in [3.8, 4) is 0 Å². The van der Waals surface area contributed by atoms with E-state index in [2.05, 4.69) is 5.32 Å². The van der Waals surface area contributed by atoms with Crippen LogP contribution in [0.15, 0.2) is 58.3 Å². The second-order valence-electron chi connectivity index (χ2n) is 7.25. The van der Waals surface area contributed by atoms with Crippen LogP contribution in [-0.2, 0) is 19.6 Å². The standard InChI is InChI=1S/C21H26N2O4S2/c1-15-4-8-19(9-5-15)28-14-21(24)22-18-6-10-20(11-7-18)29(25,26)23-12-16(2)27-17(3)13-23/h4-11,16-17H,12-14H2,1-3H3,(H,22,24)/t16-,17+. The molecule has 1 saturated heterocycles. The quantitative estimate of drug-likeness (QED) is 0.704. The molecule has 1 amide bonds. The fourth-order valence-corrected chi connectivity index (χ4v) is 5.46. The summed E-state index contributed by atoms with van der Waals surface area (Å²) in [7, 11) is -3.59. The van der Waals surface area contributed by atoms with Crippen LogP contribution in [0.2, 0.25) is 0 Å². The molecule has 2 aromatic carbocycles. The SMILES string of the molecule is Cc1ccc(SCC(=O)Nc2ccc(S(=O)(=O)N3C[C@@H](C)O[C@@H](C)C3)cc2)cc1. The highest BCUT2D eigenvalue weighted by molar-refractivity contribution is 8.00. The molecule has 1 fully saturated rings. The van der Waals surface area contributed by atoms with Crippen LogP contribution in [0.1, 0.15) is 19.4 Å². The minimum absolute atomic E-state index is 0.137. The second-order valence-corrected chi connectivity index (χ2v) is 10.2. The number of thioether (sulfide) groups is 1. The lowest BCUT2D eigenvalue weighted by Crippen LogP contribution is -2.48. The Morgan fingerprint density at radius 1 is 1.07 bits per heavy atom. The van der Waals surface area contributed by atoms with E-state index in [1.807, 2.05) is 45.0 Å². The number of aryl methyl sites for hydroxylation is 1. The van der Waals surface area contributed by atoms with Crippen molar-refractivity contribution in [1.29, 1.82) is 0 Å². The molecule has 0 bridgehead atoms. The van der Waals surface area contributed by atoms with Crippen molar-refractivity contribution in [3.63, 3.8) is 0 Å². The highest BCUT2D eigenvalue weighted by atomic mass is 32.2. The number of hydrogen-bond donors (Lipinski definition) is 1. The van der Waals surface area contributed by atoms with Gasteiger partial charge in [-0.05, 0) is 57.2 Å². The fourth-order valence-electron chi connectivity index (χ4n) is 3.17. The van der Waals surface area contributed by atoms with E-state index in [1.54, 1.807) is 12.1 Å². The monoisotopic (exact) mass is 434 g/mol. The Labute approximate surface area is 176 Å². The maximum atomic E-state index is 12.9. The predicted molar refractivity (Wildman–Crippen MR) is 116 cm³/mol. The third-order valence-corrected chi connectivity index (χ3v) is 7.41. The highest BCUT2D eigenvalue weighted by Crippen LogP contribution is 2.23. The van der Waals surface area contributed by atoms with Crippen molar-refractivity contribution in [3.05, 3.63) is 54.1 Å². The smallest absolute Gasteiger partial charge is 0.243 e. The van der Waals surface area contributed by atoms with Crippen LogP contribution in [-0.4, -0.2) is 49.7 Å². The van der Waals surface area contributed by atoms with E-state index in [-0.39, 0.29) is 28.8 Å². The maximum absolute atomic E-state index is 12.9. The Balaban J connectivity index is 1.59. The molecule has 2 atom stereocenters. The number of carbonyl (C=O) groups excluding carboxylic acids is 1. The van der Waals surface area contributed by atoms with E-state index in [9.17, 15) is 13.2 Å². The lowest BCUT2D eigenvalue weighted by Gasteiger charge is -2.34. The molecule has 6 nitrogen and oxygen atoms in total. The number of carbonyl (C=O) groups is 1. The first-order valence-corrected chi connectivity index (χ1v) is 11.9. The summed E-state index contributed by atoms with van der Waals surface area (Å²) in [6.45, 7) is 6.42. The number of anilines is 1. The number of amides is 1. The highest BCUT2D eigenvalue weighted by Gasteiger charge is 2.32. The zero-order valence-corrected chi connectivity index (χ0v) is 18.4. The number of nitrogens with zero attached hydrogens (tertiary/aromatic N) is 1. The summed E-state index contributed by atoms with van der Waals surface area (Å²) < 4.78 is 32.8. The van der Waals surface area contributed by atoms with Gasteiger partial charge in [0.1, 0.15) is 0 Å². The van der Waals surface area contributed by atoms with Crippen LogP contribution in [0, 0.1) is 6.92 Å². The zero-order chi connectivity index (χ0) is 21.0. The number of sulfonamides is 1. The summed E-state index contributed by atoms with van der Waals surface area (Å²) >= 11 is 1.46. The Bertz CT molecular complexity index is 934. The van der Waals surface area contributed by atoms with Gasteiger partial charge in [-0.25, -0.2) is 8.42 Å². The van der Waals surface area contributed by atoms with E-state index in [1.165, 1.54) is 33.8 Å². The van der Waals surface area contributed by atoms with E-state index >= 15 is 0 Å². The summed E-state index contributed by atoms with van der Waals surface area (Å²) in [6, 6.07) is 14.3.